The van der Waals surface area contributed by atoms with Crippen molar-refractivity contribution in [1.82, 2.24) is 0 Å². The van der Waals surface area contributed by atoms with Gasteiger partial charge in [0.05, 0.1) is 5.56 Å². The van der Waals surface area contributed by atoms with E-state index in [1.807, 2.05) is 18.2 Å². The molecule has 0 bridgehead atoms. The minimum atomic E-state index is -1.17. The molecule has 0 fully saturated rings. The molecule has 0 amide bonds. The first-order valence-electron chi connectivity index (χ1n) is 4.73. The Morgan fingerprint density at radius 3 is 2.31 bits per heavy atom. The minimum absolute atomic E-state index is 0.165. The summed E-state index contributed by atoms with van der Waals surface area (Å²) >= 11 is 0. The number of aromatic carboxylic acids is 1. The van der Waals surface area contributed by atoms with Crippen LogP contribution in [0.4, 0.5) is 0 Å². The molecule has 1 heterocycles. The maximum Gasteiger partial charge on any atom is 0.406 e. The largest absolute Gasteiger partial charge is 0.473 e. The van der Waals surface area contributed by atoms with Crippen LogP contribution in [0.2, 0.25) is 0 Å². The van der Waals surface area contributed by atoms with Gasteiger partial charge in [0.15, 0.2) is 0 Å². The first-order valence-corrected chi connectivity index (χ1v) is 4.73. The fourth-order valence-electron chi connectivity index (χ4n) is 1.49. The number of carboxylic acid groups (broad SMARTS) is 1. The predicted octanol–water partition coefficient (Wildman–Crippen LogP) is 1.58. The zero-order valence-electron chi connectivity index (χ0n) is 8.37. The summed E-state index contributed by atoms with van der Waals surface area (Å²) in [5.41, 5.74) is 1.04. The quantitative estimate of drug-likeness (QED) is 0.591. The van der Waals surface area contributed by atoms with Crippen molar-refractivity contribution in [2.24, 2.45) is 0 Å². The molecule has 2 rings (SSSR count). The molecule has 0 spiro atoms. The molecule has 16 heavy (non-hydrogen) atoms. The Morgan fingerprint density at radius 2 is 1.69 bits per heavy atom. The number of rotatable bonds is 2. The molecule has 1 aromatic carbocycles. The Bertz CT molecular complexity index is 523. The molecule has 0 radical (unpaired) electrons. The van der Waals surface area contributed by atoms with Gasteiger partial charge >= 0.3 is 11.7 Å². The van der Waals surface area contributed by atoms with Crippen LogP contribution in [0.15, 0.2) is 48.5 Å². The summed E-state index contributed by atoms with van der Waals surface area (Å²) < 4.78 is 0.678. The average molecular weight is 216 g/mol. The molecule has 0 saturated carbocycles. The lowest BCUT2D eigenvalue weighted by molar-refractivity contribution is -0.897. The molecule has 0 saturated heterocycles. The zero-order chi connectivity index (χ0) is 11.5. The number of aromatic nitrogens is 1. The zero-order valence-corrected chi connectivity index (χ0v) is 8.37. The van der Waals surface area contributed by atoms with Gasteiger partial charge in [-0.2, -0.15) is 0 Å². The summed E-state index contributed by atoms with van der Waals surface area (Å²) in [6.07, 6.45) is 0. The highest BCUT2D eigenvalue weighted by Gasteiger charge is 2.23. The molecule has 0 aliphatic heterocycles. The van der Waals surface area contributed by atoms with Crippen LogP contribution >= 0.6 is 0 Å². The van der Waals surface area contributed by atoms with E-state index in [0.29, 0.717) is 10.4 Å². The topological polar surface area (TPSA) is 61.4 Å². The molecular weight excluding hydrogens is 206 g/mol. The second kappa shape index (κ2) is 4.02. The molecule has 4 heteroatoms. The summed E-state index contributed by atoms with van der Waals surface area (Å²) in [5.74, 6) is -1.17. The van der Waals surface area contributed by atoms with E-state index in [4.69, 9.17) is 5.11 Å². The number of benzene rings is 1. The van der Waals surface area contributed by atoms with Crippen molar-refractivity contribution in [1.29, 1.82) is 0 Å². The van der Waals surface area contributed by atoms with Crippen molar-refractivity contribution >= 4 is 5.97 Å². The predicted molar refractivity (Wildman–Crippen MR) is 56.2 cm³/mol. The highest BCUT2D eigenvalue weighted by Crippen LogP contribution is 2.14. The summed E-state index contributed by atoms with van der Waals surface area (Å²) in [4.78, 5) is 10.8. The van der Waals surface area contributed by atoms with Gasteiger partial charge in [-0.1, -0.05) is 18.2 Å². The van der Waals surface area contributed by atoms with Crippen LogP contribution in [0.5, 0.6) is 0 Å². The Hall–Kier alpha value is -2.36. The number of carbonyl (C=O) groups is 1. The second-order valence-corrected chi connectivity index (χ2v) is 3.28. The van der Waals surface area contributed by atoms with Gasteiger partial charge in [-0.15, -0.1) is 0 Å². The van der Waals surface area contributed by atoms with Crippen LogP contribution in [-0.2, 0) is 0 Å². The average Bonchev–Trinajstić information content (AvgIpc) is 2.30. The van der Waals surface area contributed by atoms with Gasteiger partial charge in [0, 0.05) is 16.9 Å². The third kappa shape index (κ3) is 1.72. The second-order valence-electron chi connectivity index (χ2n) is 3.28. The Balaban J connectivity index is 2.59. The van der Waals surface area contributed by atoms with Crippen LogP contribution in [-0.4, -0.2) is 16.3 Å². The summed E-state index contributed by atoms with van der Waals surface area (Å²) in [6.45, 7) is 0. The first kappa shape index (κ1) is 10.2. The molecule has 0 aliphatic rings. The minimum Gasteiger partial charge on any atom is -0.473 e. The van der Waals surface area contributed by atoms with Gasteiger partial charge in [0.1, 0.15) is 0 Å². The Morgan fingerprint density at radius 1 is 1.00 bits per heavy atom. The normalized spacial score (nSPS) is 10.0. The monoisotopic (exact) mass is 216 g/mol. The summed E-state index contributed by atoms with van der Waals surface area (Å²) in [7, 11) is 0. The Kier molecular flexibility index (Phi) is 2.55. The number of pyridine rings is 1. The van der Waals surface area contributed by atoms with Crippen LogP contribution in [0.3, 0.4) is 0 Å². The maximum absolute atomic E-state index is 10.8. The molecule has 4 nitrogen and oxygen atoms in total. The van der Waals surface area contributed by atoms with Crippen LogP contribution in [0, 0.1) is 0 Å². The van der Waals surface area contributed by atoms with Crippen LogP contribution in [0.25, 0.3) is 11.3 Å². The van der Waals surface area contributed by atoms with Gasteiger partial charge in [0.25, 0.3) is 5.69 Å². The van der Waals surface area contributed by atoms with E-state index in [2.05, 4.69) is 0 Å². The SMILES string of the molecule is O=C(O)c1cccc(-c2ccccc2)[n+]1O. The van der Waals surface area contributed by atoms with E-state index in [1.165, 1.54) is 6.07 Å². The van der Waals surface area contributed by atoms with Crippen LogP contribution < -0.4 is 4.73 Å². The van der Waals surface area contributed by atoms with Crippen LogP contribution in [0.1, 0.15) is 10.5 Å². The fourth-order valence-corrected chi connectivity index (χ4v) is 1.49. The highest BCUT2D eigenvalue weighted by molar-refractivity contribution is 5.83. The third-order valence-electron chi connectivity index (χ3n) is 2.25. The molecule has 1 aromatic heterocycles. The van der Waals surface area contributed by atoms with Gasteiger partial charge in [0.2, 0.25) is 0 Å². The Labute approximate surface area is 92.0 Å². The smallest absolute Gasteiger partial charge is 0.406 e. The number of hydrogen-bond acceptors (Lipinski definition) is 2. The molecule has 0 unspecified atom stereocenters. The number of hydrogen-bond donors (Lipinski definition) is 2. The van der Waals surface area contributed by atoms with Crippen molar-refractivity contribution in [3.8, 4) is 11.3 Å². The van der Waals surface area contributed by atoms with Crippen molar-refractivity contribution in [2.75, 3.05) is 0 Å². The highest BCUT2D eigenvalue weighted by atomic mass is 16.5. The van der Waals surface area contributed by atoms with E-state index in [-0.39, 0.29) is 5.69 Å². The fraction of sp³-hybridized carbons (Fsp3) is 0. The summed E-state index contributed by atoms with van der Waals surface area (Å²) in [6, 6.07) is 13.7. The molecule has 80 valence electrons. The third-order valence-corrected chi connectivity index (χ3v) is 2.25. The van der Waals surface area contributed by atoms with Gasteiger partial charge < -0.3 is 5.11 Å². The number of carboxylic acids is 1. The molecular formula is C12H10NO3+. The van der Waals surface area contributed by atoms with Gasteiger partial charge in [-0.05, 0) is 18.2 Å². The molecule has 2 N–H and O–H groups in total. The maximum atomic E-state index is 10.8. The molecule has 0 atom stereocenters. The van der Waals surface area contributed by atoms with Gasteiger partial charge in [-0.3, -0.25) is 5.21 Å². The summed E-state index contributed by atoms with van der Waals surface area (Å²) in [5, 5.41) is 18.6. The first-order chi connectivity index (χ1) is 7.70. The van der Waals surface area contributed by atoms with Crippen molar-refractivity contribution in [2.45, 2.75) is 0 Å². The van der Waals surface area contributed by atoms with E-state index >= 15 is 0 Å². The standard InChI is InChI=1S/C12H9NO3/c14-12(15)11-8-4-7-10(13(11)16)9-5-2-1-3-6-9/h1-8H,(H-,14,15,16)/p+1. The lowest BCUT2D eigenvalue weighted by atomic mass is 10.1. The molecule has 0 aliphatic carbocycles. The number of nitrogens with zero attached hydrogens (tertiary/aromatic N) is 1. The lowest BCUT2D eigenvalue weighted by Gasteiger charge is -1.98. The molecule has 2 aromatic rings. The lowest BCUT2D eigenvalue weighted by Crippen LogP contribution is -2.39. The van der Waals surface area contributed by atoms with E-state index in [1.54, 1.807) is 24.3 Å². The van der Waals surface area contributed by atoms with Crippen molar-refractivity contribution in [3.05, 3.63) is 54.2 Å². The van der Waals surface area contributed by atoms with Crippen molar-refractivity contribution in [3.63, 3.8) is 0 Å². The van der Waals surface area contributed by atoms with E-state index in [0.717, 1.165) is 5.56 Å². The van der Waals surface area contributed by atoms with Crippen molar-refractivity contribution < 1.29 is 19.8 Å². The van der Waals surface area contributed by atoms with E-state index < -0.39 is 5.97 Å². The van der Waals surface area contributed by atoms with E-state index in [9.17, 15) is 10.0 Å². The van der Waals surface area contributed by atoms with Gasteiger partial charge in [-0.25, -0.2) is 4.79 Å².